The summed E-state index contributed by atoms with van der Waals surface area (Å²) in [6, 6.07) is 9.78. The van der Waals surface area contributed by atoms with Crippen molar-refractivity contribution in [1.82, 2.24) is 9.80 Å². The highest BCUT2D eigenvalue weighted by Crippen LogP contribution is 2.27. The molecule has 1 atom stereocenters. The highest BCUT2D eigenvalue weighted by Gasteiger charge is 2.38. The van der Waals surface area contributed by atoms with Crippen LogP contribution in [0.4, 0.5) is 10.1 Å². The number of nitrogens with zero attached hydrogens (tertiary/aromatic N) is 2. The van der Waals surface area contributed by atoms with Crippen molar-refractivity contribution in [2.45, 2.75) is 25.9 Å². The first kappa shape index (κ1) is 22.6. The number of rotatable bonds is 7. The standard InChI is InChI=1S/C22H23ClFN3O4/c1-3-18(20(28)25-16-8-9-19(31-2)17(23)12-16)27-11-10-26(21(29)22(27)30)13-14-4-6-15(24)7-5-14/h4-9,12,18H,3,10-11,13H2,1-2H3,(H,25,28)/t18-/m1/s1. The highest BCUT2D eigenvalue weighted by molar-refractivity contribution is 6.36. The lowest BCUT2D eigenvalue weighted by molar-refractivity contribution is -0.159. The molecule has 1 heterocycles. The summed E-state index contributed by atoms with van der Waals surface area (Å²) in [5.41, 5.74) is 1.18. The normalized spacial score (nSPS) is 15.1. The van der Waals surface area contributed by atoms with Crippen LogP contribution in [0.5, 0.6) is 5.75 Å². The van der Waals surface area contributed by atoms with Crippen LogP contribution in [0.2, 0.25) is 5.02 Å². The Morgan fingerprint density at radius 1 is 1.16 bits per heavy atom. The number of carbonyl (C=O) groups excluding carboxylic acids is 3. The first-order chi connectivity index (χ1) is 14.8. The number of benzene rings is 2. The second-order valence-electron chi connectivity index (χ2n) is 7.11. The van der Waals surface area contributed by atoms with Gasteiger partial charge in [0.1, 0.15) is 17.6 Å². The molecular weight excluding hydrogens is 425 g/mol. The predicted octanol–water partition coefficient (Wildman–Crippen LogP) is 3.08. The highest BCUT2D eigenvalue weighted by atomic mass is 35.5. The molecule has 0 unspecified atom stereocenters. The maximum absolute atomic E-state index is 13.1. The number of ether oxygens (including phenoxy) is 1. The van der Waals surface area contributed by atoms with Crippen molar-refractivity contribution in [2.24, 2.45) is 0 Å². The van der Waals surface area contributed by atoms with Crippen molar-refractivity contribution in [3.8, 4) is 5.75 Å². The number of methoxy groups -OCH3 is 1. The fourth-order valence-electron chi connectivity index (χ4n) is 3.47. The summed E-state index contributed by atoms with van der Waals surface area (Å²) in [4.78, 5) is 40.9. The smallest absolute Gasteiger partial charge is 0.312 e. The van der Waals surface area contributed by atoms with E-state index in [1.807, 2.05) is 0 Å². The number of amides is 3. The molecule has 0 radical (unpaired) electrons. The summed E-state index contributed by atoms with van der Waals surface area (Å²) < 4.78 is 18.2. The maximum Gasteiger partial charge on any atom is 0.312 e. The molecular formula is C22H23ClFN3O4. The molecule has 0 spiro atoms. The molecule has 1 aliphatic heterocycles. The van der Waals surface area contributed by atoms with E-state index in [-0.39, 0.29) is 25.5 Å². The number of nitrogens with one attached hydrogen (secondary N) is 1. The Morgan fingerprint density at radius 2 is 1.87 bits per heavy atom. The summed E-state index contributed by atoms with van der Waals surface area (Å²) in [5, 5.41) is 3.08. The number of hydrogen-bond donors (Lipinski definition) is 1. The third-order valence-corrected chi connectivity index (χ3v) is 5.41. The summed E-state index contributed by atoms with van der Waals surface area (Å²) in [6.45, 7) is 2.47. The van der Waals surface area contributed by atoms with E-state index in [1.165, 1.54) is 29.0 Å². The number of carbonyl (C=O) groups is 3. The zero-order valence-corrected chi connectivity index (χ0v) is 18.0. The van der Waals surface area contributed by atoms with Crippen LogP contribution in [0, 0.1) is 5.82 Å². The average Bonchev–Trinajstić information content (AvgIpc) is 2.75. The Balaban J connectivity index is 1.67. The third kappa shape index (κ3) is 5.14. The summed E-state index contributed by atoms with van der Waals surface area (Å²) in [6.07, 6.45) is 0.340. The molecule has 2 aromatic rings. The van der Waals surface area contributed by atoms with E-state index >= 15 is 0 Å². The molecule has 0 bridgehead atoms. The van der Waals surface area contributed by atoms with Crippen LogP contribution in [0.15, 0.2) is 42.5 Å². The minimum atomic E-state index is -0.801. The van der Waals surface area contributed by atoms with Gasteiger partial charge in [0.05, 0.1) is 12.1 Å². The number of hydrogen-bond acceptors (Lipinski definition) is 4. The topological polar surface area (TPSA) is 79.0 Å². The minimum Gasteiger partial charge on any atom is -0.495 e. The van der Waals surface area contributed by atoms with Gasteiger partial charge in [0.15, 0.2) is 0 Å². The number of halogens is 2. The van der Waals surface area contributed by atoms with Gasteiger partial charge in [-0.3, -0.25) is 14.4 Å². The molecule has 1 N–H and O–H groups in total. The van der Waals surface area contributed by atoms with E-state index in [2.05, 4.69) is 5.32 Å². The Labute approximate surface area is 184 Å². The molecule has 9 heteroatoms. The van der Waals surface area contributed by atoms with Crippen molar-refractivity contribution >= 4 is 35.0 Å². The Hall–Kier alpha value is -3.13. The van der Waals surface area contributed by atoms with E-state index in [0.29, 0.717) is 22.9 Å². The second kappa shape index (κ2) is 9.78. The zero-order chi connectivity index (χ0) is 22.5. The molecule has 164 valence electrons. The molecule has 7 nitrogen and oxygen atoms in total. The SMILES string of the molecule is CC[C@H](C(=O)Nc1ccc(OC)c(Cl)c1)N1CCN(Cc2ccc(F)cc2)C(=O)C1=O. The van der Waals surface area contributed by atoms with E-state index in [4.69, 9.17) is 16.3 Å². The van der Waals surface area contributed by atoms with Crippen LogP contribution in [0.3, 0.4) is 0 Å². The summed E-state index contributed by atoms with van der Waals surface area (Å²) in [7, 11) is 1.49. The van der Waals surface area contributed by atoms with Crippen LogP contribution in [0.1, 0.15) is 18.9 Å². The van der Waals surface area contributed by atoms with Gasteiger partial charge in [-0.1, -0.05) is 30.7 Å². The average molecular weight is 448 g/mol. The third-order valence-electron chi connectivity index (χ3n) is 5.11. The molecule has 0 aliphatic carbocycles. The lowest BCUT2D eigenvalue weighted by atomic mass is 10.1. The van der Waals surface area contributed by atoms with Gasteiger partial charge >= 0.3 is 11.8 Å². The van der Waals surface area contributed by atoms with Gasteiger partial charge in [-0.15, -0.1) is 0 Å². The van der Waals surface area contributed by atoms with Crippen LogP contribution in [0.25, 0.3) is 0 Å². The summed E-state index contributed by atoms with van der Waals surface area (Å²) in [5.74, 6) is -1.72. The first-order valence-corrected chi connectivity index (χ1v) is 10.2. The molecule has 0 saturated carbocycles. The summed E-state index contributed by atoms with van der Waals surface area (Å²) >= 11 is 6.10. The van der Waals surface area contributed by atoms with Gasteiger partial charge in [-0.25, -0.2) is 4.39 Å². The van der Waals surface area contributed by atoms with Gasteiger partial charge in [0.2, 0.25) is 5.91 Å². The van der Waals surface area contributed by atoms with E-state index < -0.39 is 23.8 Å². The van der Waals surface area contributed by atoms with Crippen molar-refractivity contribution in [1.29, 1.82) is 0 Å². The van der Waals surface area contributed by atoms with Crippen molar-refractivity contribution in [3.63, 3.8) is 0 Å². The van der Waals surface area contributed by atoms with Crippen molar-refractivity contribution < 1.29 is 23.5 Å². The van der Waals surface area contributed by atoms with E-state index in [0.717, 1.165) is 5.56 Å². The van der Waals surface area contributed by atoms with Crippen LogP contribution < -0.4 is 10.1 Å². The van der Waals surface area contributed by atoms with E-state index in [9.17, 15) is 18.8 Å². The maximum atomic E-state index is 13.1. The molecule has 3 rings (SSSR count). The van der Waals surface area contributed by atoms with Gasteiger partial charge in [-0.2, -0.15) is 0 Å². The monoisotopic (exact) mass is 447 g/mol. The van der Waals surface area contributed by atoms with Gasteiger partial charge in [0, 0.05) is 25.3 Å². The van der Waals surface area contributed by atoms with Crippen molar-refractivity contribution in [3.05, 3.63) is 58.9 Å². The molecule has 0 aromatic heterocycles. The number of anilines is 1. The first-order valence-electron chi connectivity index (χ1n) is 9.82. The molecule has 2 aromatic carbocycles. The van der Waals surface area contributed by atoms with Crippen LogP contribution in [-0.2, 0) is 20.9 Å². The molecule has 1 fully saturated rings. The molecule has 1 saturated heterocycles. The largest absolute Gasteiger partial charge is 0.495 e. The Morgan fingerprint density at radius 3 is 2.48 bits per heavy atom. The number of piperazine rings is 1. The quantitative estimate of drug-likeness (QED) is 0.661. The van der Waals surface area contributed by atoms with Crippen LogP contribution in [-0.4, -0.2) is 53.8 Å². The van der Waals surface area contributed by atoms with Gasteiger partial charge in [-0.05, 0) is 42.3 Å². The molecule has 31 heavy (non-hydrogen) atoms. The van der Waals surface area contributed by atoms with Gasteiger partial charge in [0.25, 0.3) is 0 Å². The Kier molecular flexibility index (Phi) is 7.12. The predicted molar refractivity (Wildman–Crippen MR) is 114 cm³/mol. The molecule has 1 aliphatic rings. The van der Waals surface area contributed by atoms with Gasteiger partial charge < -0.3 is 19.9 Å². The Bertz CT molecular complexity index is 983. The lowest BCUT2D eigenvalue weighted by Gasteiger charge is -2.37. The minimum absolute atomic E-state index is 0.200. The van der Waals surface area contributed by atoms with Crippen molar-refractivity contribution in [2.75, 3.05) is 25.5 Å². The molecule has 3 amide bonds. The van der Waals surface area contributed by atoms with Crippen LogP contribution >= 0.6 is 11.6 Å². The zero-order valence-electron chi connectivity index (χ0n) is 17.2. The lowest BCUT2D eigenvalue weighted by Crippen LogP contribution is -2.59. The fraction of sp³-hybridized carbons (Fsp3) is 0.318. The van der Waals surface area contributed by atoms with E-state index in [1.54, 1.807) is 37.3 Å². The second-order valence-corrected chi connectivity index (χ2v) is 7.52. The fourth-order valence-corrected chi connectivity index (χ4v) is 3.72.